The summed E-state index contributed by atoms with van der Waals surface area (Å²) >= 11 is 4.87. The van der Waals surface area contributed by atoms with Gasteiger partial charge in [-0.2, -0.15) is 0 Å². The molecule has 2 rings (SSSR count). The molecule has 0 fully saturated rings. The zero-order valence-corrected chi connectivity index (χ0v) is 12.8. The van der Waals surface area contributed by atoms with E-state index in [1.165, 1.54) is 36.4 Å². The minimum Gasteiger partial charge on any atom is -0.389 e. The van der Waals surface area contributed by atoms with Gasteiger partial charge in [0.2, 0.25) is 0 Å². The number of rotatable bonds is 4. The second-order valence-electron chi connectivity index (χ2n) is 4.43. The van der Waals surface area contributed by atoms with Crippen molar-refractivity contribution in [3.63, 3.8) is 0 Å². The van der Waals surface area contributed by atoms with Crippen molar-refractivity contribution in [2.24, 2.45) is 5.73 Å². The van der Waals surface area contributed by atoms with Gasteiger partial charge in [0.1, 0.15) is 10.8 Å². The van der Waals surface area contributed by atoms with E-state index in [2.05, 4.69) is 4.72 Å². The number of nitrogens with one attached hydrogen (secondary N) is 1. The minimum absolute atomic E-state index is 0.0169. The Hall–Kier alpha value is -1.99. The second-order valence-corrected chi connectivity index (χ2v) is 6.55. The first kappa shape index (κ1) is 15.4. The largest absolute Gasteiger partial charge is 0.389 e. The molecule has 0 bridgehead atoms. The Labute approximate surface area is 127 Å². The minimum atomic E-state index is -3.87. The lowest BCUT2D eigenvalue weighted by molar-refractivity contribution is 0.598. The molecule has 0 saturated heterocycles. The van der Waals surface area contributed by atoms with E-state index in [-0.39, 0.29) is 15.6 Å². The first-order valence-corrected chi connectivity index (χ1v) is 7.88. The van der Waals surface area contributed by atoms with Gasteiger partial charge in [-0.05, 0) is 36.8 Å². The number of halogens is 1. The Morgan fingerprint density at radius 1 is 1.24 bits per heavy atom. The maximum atomic E-state index is 13.5. The number of hydrogen-bond acceptors (Lipinski definition) is 3. The molecule has 0 aliphatic rings. The van der Waals surface area contributed by atoms with Gasteiger partial charge in [0.15, 0.2) is 0 Å². The number of anilines is 1. The highest BCUT2D eigenvalue weighted by molar-refractivity contribution is 7.92. The standard InChI is InChI=1S/C14H13FN2O2S2/c1-9-8-10(6-7-11(9)14(16)20)21(18,19)17-13-5-3-2-4-12(13)15/h2-8,17H,1H3,(H2,16,20). The van der Waals surface area contributed by atoms with Gasteiger partial charge < -0.3 is 5.73 Å². The van der Waals surface area contributed by atoms with E-state index < -0.39 is 15.8 Å². The second kappa shape index (κ2) is 5.79. The maximum Gasteiger partial charge on any atom is 0.261 e. The first-order chi connectivity index (χ1) is 9.81. The molecule has 2 aromatic rings. The highest BCUT2D eigenvalue weighted by Crippen LogP contribution is 2.20. The zero-order chi connectivity index (χ0) is 15.6. The summed E-state index contributed by atoms with van der Waals surface area (Å²) < 4.78 is 40.2. The molecule has 0 amide bonds. The lowest BCUT2D eigenvalue weighted by Crippen LogP contribution is -2.16. The van der Waals surface area contributed by atoms with Crippen LogP contribution in [0.5, 0.6) is 0 Å². The van der Waals surface area contributed by atoms with Crippen molar-refractivity contribution in [1.82, 2.24) is 0 Å². The Balaban J connectivity index is 2.39. The van der Waals surface area contributed by atoms with Crippen molar-refractivity contribution in [3.8, 4) is 0 Å². The molecule has 21 heavy (non-hydrogen) atoms. The molecule has 7 heteroatoms. The van der Waals surface area contributed by atoms with Crippen LogP contribution in [0.1, 0.15) is 11.1 Å². The summed E-state index contributed by atoms with van der Waals surface area (Å²) in [5, 5.41) is 0. The average Bonchev–Trinajstić information content (AvgIpc) is 2.40. The summed E-state index contributed by atoms with van der Waals surface area (Å²) in [6, 6.07) is 9.91. The Morgan fingerprint density at radius 2 is 1.90 bits per heavy atom. The molecule has 4 nitrogen and oxygen atoms in total. The van der Waals surface area contributed by atoms with Gasteiger partial charge in [-0.3, -0.25) is 4.72 Å². The van der Waals surface area contributed by atoms with Crippen molar-refractivity contribution in [1.29, 1.82) is 0 Å². The first-order valence-electron chi connectivity index (χ1n) is 5.99. The third-order valence-corrected chi connectivity index (χ3v) is 4.47. The van der Waals surface area contributed by atoms with Crippen LogP contribution in [0.25, 0.3) is 0 Å². The molecule has 3 N–H and O–H groups in total. The van der Waals surface area contributed by atoms with Crippen LogP contribution in [0.4, 0.5) is 10.1 Å². The maximum absolute atomic E-state index is 13.5. The normalized spacial score (nSPS) is 11.1. The Bertz CT molecular complexity index is 804. The molecule has 0 unspecified atom stereocenters. The number of benzene rings is 2. The topological polar surface area (TPSA) is 72.2 Å². The summed E-state index contributed by atoms with van der Waals surface area (Å²) in [5.74, 6) is -0.641. The van der Waals surface area contributed by atoms with Gasteiger partial charge in [-0.1, -0.05) is 30.4 Å². The van der Waals surface area contributed by atoms with Crippen molar-refractivity contribution in [3.05, 3.63) is 59.4 Å². The molecule has 0 saturated carbocycles. The van der Waals surface area contributed by atoms with E-state index in [1.54, 1.807) is 13.0 Å². The van der Waals surface area contributed by atoms with Crippen molar-refractivity contribution in [2.75, 3.05) is 4.72 Å². The number of sulfonamides is 1. The fourth-order valence-corrected chi connectivity index (χ4v) is 3.21. The quantitative estimate of drug-likeness (QED) is 0.848. The summed E-state index contributed by atoms with van der Waals surface area (Å²) in [4.78, 5) is 0.210. The molecule has 0 radical (unpaired) electrons. The molecule has 0 aliphatic heterocycles. The lowest BCUT2D eigenvalue weighted by Gasteiger charge is -2.11. The van der Waals surface area contributed by atoms with Crippen molar-refractivity contribution in [2.45, 2.75) is 11.8 Å². The third kappa shape index (κ3) is 3.37. The van der Waals surface area contributed by atoms with E-state index in [1.807, 2.05) is 0 Å². The van der Waals surface area contributed by atoms with E-state index in [0.29, 0.717) is 11.1 Å². The Morgan fingerprint density at radius 3 is 2.48 bits per heavy atom. The molecule has 0 heterocycles. The number of thiocarbonyl (C=S) groups is 1. The van der Waals surface area contributed by atoms with Crippen LogP contribution in [0, 0.1) is 12.7 Å². The van der Waals surface area contributed by atoms with E-state index in [4.69, 9.17) is 18.0 Å². The SMILES string of the molecule is Cc1cc(S(=O)(=O)Nc2ccccc2F)ccc1C(N)=S. The predicted molar refractivity (Wildman–Crippen MR) is 84.3 cm³/mol. The van der Waals surface area contributed by atoms with Crippen LogP contribution in [0.3, 0.4) is 0 Å². The van der Waals surface area contributed by atoms with E-state index >= 15 is 0 Å². The molecule has 0 aliphatic carbocycles. The fourth-order valence-electron chi connectivity index (χ4n) is 1.83. The molecule has 0 spiro atoms. The monoisotopic (exact) mass is 324 g/mol. The fraction of sp³-hybridized carbons (Fsp3) is 0.0714. The van der Waals surface area contributed by atoms with Gasteiger partial charge in [-0.15, -0.1) is 0 Å². The summed E-state index contributed by atoms with van der Waals surface area (Å²) in [6.45, 7) is 1.70. The highest BCUT2D eigenvalue weighted by atomic mass is 32.2. The van der Waals surface area contributed by atoms with Gasteiger partial charge in [0.25, 0.3) is 10.0 Å². The number of para-hydroxylation sites is 1. The van der Waals surface area contributed by atoms with Gasteiger partial charge in [0.05, 0.1) is 10.6 Å². The smallest absolute Gasteiger partial charge is 0.261 e. The summed E-state index contributed by atoms with van der Waals surface area (Å²) in [6.07, 6.45) is 0. The van der Waals surface area contributed by atoms with Crippen LogP contribution in [-0.2, 0) is 10.0 Å². The molecular weight excluding hydrogens is 311 g/mol. The van der Waals surface area contributed by atoms with Gasteiger partial charge >= 0.3 is 0 Å². The van der Waals surface area contributed by atoms with Crippen LogP contribution in [-0.4, -0.2) is 13.4 Å². The molecule has 0 aromatic heterocycles. The lowest BCUT2D eigenvalue weighted by atomic mass is 10.1. The van der Waals surface area contributed by atoms with Crippen molar-refractivity contribution < 1.29 is 12.8 Å². The van der Waals surface area contributed by atoms with Gasteiger partial charge in [-0.25, -0.2) is 12.8 Å². The number of aryl methyl sites for hydroxylation is 1. The van der Waals surface area contributed by atoms with Crippen molar-refractivity contribution >= 4 is 32.9 Å². The number of nitrogens with two attached hydrogens (primary N) is 1. The van der Waals surface area contributed by atoms with E-state index in [0.717, 1.165) is 0 Å². The third-order valence-electron chi connectivity index (χ3n) is 2.89. The van der Waals surface area contributed by atoms with Crippen LogP contribution >= 0.6 is 12.2 Å². The molecule has 110 valence electrons. The average molecular weight is 324 g/mol. The van der Waals surface area contributed by atoms with Crippen LogP contribution in [0.15, 0.2) is 47.4 Å². The van der Waals surface area contributed by atoms with Crippen LogP contribution < -0.4 is 10.5 Å². The zero-order valence-electron chi connectivity index (χ0n) is 11.1. The van der Waals surface area contributed by atoms with Crippen LogP contribution in [0.2, 0.25) is 0 Å². The molecule has 0 atom stereocenters. The summed E-state index contributed by atoms with van der Waals surface area (Å²) in [7, 11) is -3.87. The molecular formula is C14H13FN2O2S2. The highest BCUT2D eigenvalue weighted by Gasteiger charge is 2.17. The molecule has 2 aromatic carbocycles. The summed E-state index contributed by atoms with van der Waals surface area (Å²) in [5.41, 5.74) is 6.67. The van der Waals surface area contributed by atoms with E-state index in [9.17, 15) is 12.8 Å². The number of hydrogen-bond donors (Lipinski definition) is 2. The van der Waals surface area contributed by atoms with Gasteiger partial charge in [0, 0.05) is 5.56 Å². The Kier molecular flexibility index (Phi) is 4.24. The predicted octanol–water partition coefficient (Wildman–Crippen LogP) is 2.57.